The smallest absolute Gasteiger partial charge is 0.387 e. The first-order chi connectivity index (χ1) is 14.1. The van der Waals surface area contributed by atoms with E-state index in [0.29, 0.717) is 5.56 Å². The standard InChI is InChI=1S/C21H25F2N3O4/c1-11-8-12(2)18(13(3)9-11)25-20(27)14(4)30-26-19(24)15-6-7-16(29-21(22)23)17(10-15)28-5/h6-10,14,21H,1-5H3,(H2,24,26)(H,25,27). The molecule has 1 amide bonds. The van der Waals surface area contributed by atoms with Crippen molar-refractivity contribution in [2.75, 3.05) is 12.4 Å². The molecule has 2 rings (SSSR count). The highest BCUT2D eigenvalue weighted by atomic mass is 19.3. The summed E-state index contributed by atoms with van der Waals surface area (Å²) in [6, 6.07) is 8.02. The molecule has 0 aliphatic carbocycles. The SMILES string of the molecule is COc1cc(/C(N)=N/OC(C)C(=O)Nc2c(C)cc(C)cc2C)ccc1OC(F)F. The maximum absolute atomic E-state index is 12.4. The third-order valence-electron chi connectivity index (χ3n) is 4.28. The van der Waals surface area contributed by atoms with Gasteiger partial charge < -0.3 is 25.4 Å². The molecule has 162 valence electrons. The third kappa shape index (κ3) is 5.82. The molecule has 0 spiro atoms. The lowest BCUT2D eigenvalue weighted by Crippen LogP contribution is -2.28. The number of hydrogen-bond acceptors (Lipinski definition) is 5. The van der Waals surface area contributed by atoms with Crippen molar-refractivity contribution in [2.24, 2.45) is 10.9 Å². The van der Waals surface area contributed by atoms with Crippen LogP contribution < -0.4 is 20.5 Å². The van der Waals surface area contributed by atoms with E-state index in [1.165, 1.54) is 32.2 Å². The molecular weight excluding hydrogens is 396 g/mol. The van der Waals surface area contributed by atoms with Gasteiger partial charge in [0.05, 0.1) is 7.11 Å². The number of amidine groups is 1. The Balaban J connectivity index is 2.08. The summed E-state index contributed by atoms with van der Waals surface area (Å²) in [5.74, 6) is -0.525. The highest BCUT2D eigenvalue weighted by Crippen LogP contribution is 2.29. The number of anilines is 1. The molecule has 0 saturated carbocycles. The fraction of sp³-hybridized carbons (Fsp3) is 0.333. The minimum atomic E-state index is -2.99. The molecule has 0 aliphatic rings. The fourth-order valence-electron chi connectivity index (χ4n) is 2.86. The Morgan fingerprint density at radius 1 is 1.10 bits per heavy atom. The molecule has 2 aromatic rings. The van der Waals surface area contributed by atoms with Crippen LogP contribution in [-0.2, 0) is 9.63 Å². The van der Waals surface area contributed by atoms with E-state index in [4.69, 9.17) is 15.3 Å². The van der Waals surface area contributed by atoms with Crippen LogP contribution in [0.25, 0.3) is 0 Å². The first kappa shape index (κ1) is 22.9. The molecule has 0 aromatic heterocycles. The van der Waals surface area contributed by atoms with Crippen molar-refractivity contribution in [3.63, 3.8) is 0 Å². The lowest BCUT2D eigenvalue weighted by molar-refractivity contribution is -0.126. The highest BCUT2D eigenvalue weighted by molar-refractivity contribution is 5.98. The zero-order valence-corrected chi connectivity index (χ0v) is 17.5. The first-order valence-electron chi connectivity index (χ1n) is 9.13. The minimum absolute atomic E-state index is 0.0563. The first-order valence-corrected chi connectivity index (χ1v) is 9.13. The minimum Gasteiger partial charge on any atom is -0.493 e. The zero-order chi connectivity index (χ0) is 22.4. The molecular formula is C21H25F2N3O4. The number of nitrogens with zero attached hydrogens (tertiary/aromatic N) is 1. The average Bonchev–Trinajstić information content (AvgIpc) is 2.68. The normalized spacial score (nSPS) is 12.5. The van der Waals surface area contributed by atoms with Gasteiger partial charge >= 0.3 is 6.61 Å². The number of nitrogens with two attached hydrogens (primary N) is 1. The van der Waals surface area contributed by atoms with Crippen LogP contribution in [0.5, 0.6) is 11.5 Å². The molecule has 3 N–H and O–H groups in total. The molecule has 0 bridgehead atoms. The van der Waals surface area contributed by atoms with Crippen LogP contribution in [0.1, 0.15) is 29.2 Å². The number of benzene rings is 2. The number of ether oxygens (including phenoxy) is 2. The van der Waals surface area contributed by atoms with Gasteiger partial charge in [0.1, 0.15) is 0 Å². The molecule has 30 heavy (non-hydrogen) atoms. The third-order valence-corrected chi connectivity index (χ3v) is 4.28. The quantitative estimate of drug-likeness (QED) is 0.383. The van der Waals surface area contributed by atoms with Gasteiger partial charge in [0.2, 0.25) is 6.10 Å². The van der Waals surface area contributed by atoms with Gasteiger partial charge in [0.25, 0.3) is 5.91 Å². The van der Waals surface area contributed by atoms with Gasteiger partial charge in [-0.05, 0) is 57.0 Å². The summed E-state index contributed by atoms with van der Waals surface area (Å²) < 4.78 is 34.2. The monoisotopic (exact) mass is 421 g/mol. The summed E-state index contributed by atoms with van der Waals surface area (Å²) in [5.41, 5.74) is 9.94. The van der Waals surface area contributed by atoms with E-state index in [9.17, 15) is 13.6 Å². The number of oxime groups is 1. The summed E-state index contributed by atoms with van der Waals surface area (Å²) in [7, 11) is 1.31. The van der Waals surface area contributed by atoms with Crippen molar-refractivity contribution < 1.29 is 27.9 Å². The lowest BCUT2D eigenvalue weighted by Gasteiger charge is -2.15. The van der Waals surface area contributed by atoms with E-state index in [1.807, 2.05) is 32.9 Å². The van der Waals surface area contributed by atoms with E-state index in [-0.39, 0.29) is 23.2 Å². The second kappa shape index (κ2) is 9.91. The number of halogens is 2. The van der Waals surface area contributed by atoms with E-state index in [0.717, 1.165) is 22.4 Å². The molecule has 1 unspecified atom stereocenters. The Hall–Kier alpha value is -3.36. The maximum atomic E-state index is 12.4. The van der Waals surface area contributed by atoms with Gasteiger partial charge in [-0.1, -0.05) is 22.9 Å². The zero-order valence-electron chi connectivity index (χ0n) is 17.5. The maximum Gasteiger partial charge on any atom is 0.387 e. The van der Waals surface area contributed by atoms with E-state index in [2.05, 4.69) is 15.2 Å². The van der Waals surface area contributed by atoms with Crippen LogP contribution in [0.3, 0.4) is 0 Å². The average molecular weight is 421 g/mol. The number of rotatable bonds is 8. The van der Waals surface area contributed by atoms with Gasteiger partial charge in [0, 0.05) is 11.3 Å². The van der Waals surface area contributed by atoms with Crippen molar-refractivity contribution in [1.29, 1.82) is 0 Å². The van der Waals surface area contributed by atoms with Gasteiger partial charge in [-0.15, -0.1) is 0 Å². The molecule has 9 heteroatoms. The summed E-state index contributed by atoms with van der Waals surface area (Å²) in [6.45, 7) is 4.35. The van der Waals surface area contributed by atoms with Gasteiger partial charge in [-0.2, -0.15) is 8.78 Å². The van der Waals surface area contributed by atoms with E-state index in [1.54, 1.807) is 0 Å². The molecule has 2 aromatic carbocycles. The van der Waals surface area contributed by atoms with Crippen molar-refractivity contribution in [3.05, 3.63) is 52.6 Å². The topological polar surface area (TPSA) is 95.2 Å². The Labute approximate surface area is 173 Å². The fourth-order valence-corrected chi connectivity index (χ4v) is 2.86. The Bertz CT molecular complexity index is 925. The second-order valence-corrected chi connectivity index (χ2v) is 6.73. The number of alkyl halides is 2. The number of methoxy groups -OCH3 is 1. The van der Waals surface area contributed by atoms with Crippen LogP contribution in [0.15, 0.2) is 35.5 Å². The molecule has 0 fully saturated rings. The van der Waals surface area contributed by atoms with Crippen molar-refractivity contribution in [3.8, 4) is 11.5 Å². The van der Waals surface area contributed by atoms with Gasteiger partial charge in [-0.3, -0.25) is 4.79 Å². The number of hydrogen-bond donors (Lipinski definition) is 2. The van der Waals surface area contributed by atoms with Crippen LogP contribution in [0, 0.1) is 20.8 Å². The molecule has 7 nitrogen and oxygen atoms in total. The summed E-state index contributed by atoms with van der Waals surface area (Å²) in [6.07, 6.45) is -0.924. The molecule has 0 heterocycles. The molecule has 0 saturated heterocycles. The van der Waals surface area contributed by atoms with Crippen molar-refractivity contribution >= 4 is 17.4 Å². The van der Waals surface area contributed by atoms with Crippen LogP contribution in [0.4, 0.5) is 14.5 Å². The Morgan fingerprint density at radius 2 is 1.73 bits per heavy atom. The molecule has 0 radical (unpaired) electrons. The van der Waals surface area contributed by atoms with Crippen molar-refractivity contribution in [1.82, 2.24) is 0 Å². The largest absolute Gasteiger partial charge is 0.493 e. The summed E-state index contributed by atoms with van der Waals surface area (Å²) in [5, 5.41) is 6.60. The molecule has 1 atom stereocenters. The molecule has 0 aliphatic heterocycles. The predicted molar refractivity (Wildman–Crippen MR) is 110 cm³/mol. The van der Waals surface area contributed by atoms with Crippen molar-refractivity contribution in [2.45, 2.75) is 40.4 Å². The predicted octanol–water partition coefficient (Wildman–Crippen LogP) is 3.89. The highest BCUT2D eigenvalue weighted by Gasteiger charge is 2.18. The lowest BCUT2D eigenvalue weighted by atomic mass is 10.0. The van der Waals surface area contributed by atoms with E-state index >= 15 is 0 Å². The Morgan fingerprint density at radius 3 is 2.30 bits per heavy atom. The second-order valence-electron chi connectivity index (χ2n) is 6.73. The number of nitrogens with one attached hydrogen (secondary N) is 1. The van der Waals surface area contributed by atoms with Crippen LogP contribution >= 0.6 is 0 Å². The van der Waals surface area contributed by atoms with Crippen LogP contribution in [0.2, 0.25) is 0 Å². The van der Waals surface area contributed by atoms with E-state index < -0.39 is 12.7 Å². The number of carbonyl (C=O) groups is 1. The Kier molecular flexibility index (Phi) is 7.57. The van der Waals surface area contributed by atoms with Gasteiger partial charge in [-0.25, -0.2) is 0 Å². The summed E-state index contributed by atoms with van der Waals surface area (Å²) in [4.78, 5) is 17.7. The number of aryl methyl sites for hydroxylation is 3. The van der Waals surface area contributed by atoms with Crippen LogP contribution in [-0.4, -0.2) is 31.6 Å². The number of amides is 1. The summed E-state index contributed by atoms with van der Waals surface area (Å²) >= 11 is 0. The number of carbonyl (C=O) groups excluding carboxylic acids is 1. The van der Waals surface area contributed by atoms with Gasteiger partial charge in [0.15, 0.2) is 17.3 Å².